The molecule has 0 aliphatic carbocycles. The van der Waals surface area contributed by atoms with Gasteiger partial charge in [-0.2, -0.15) is 10.5 Å². The SMILES string of the molecule is COc1cc(C)ccc1Oc1ccc(C#N)c(C#N)c1. The molecule has 4 nitrogen and oxygen atoms in total. The fraction of sp³-hybridized carbons (Fsp3) is 0.125. The van der Waals surface area contributed by atoms with Crippen molar-refractivity contribution < 1.29 is 9.47 Å². The van der Waals surface area contributed by atoms with Gasteiger partial charge in [-0.05, 0) is 42.8 Å². The Balaban J connectivity index is 2.36. The van der Waals surface area contributed by atoms with Gasteiger partial charge in [0.1, 0.15) is 17.9 Å². The van der Waals surface area contributed by atoms with E-state index >= 15 is 0 Å². The molecule has 0 fully saturated rings. The summed E-state index contributed by atoms with van der Waals surface area (Å²) in [6.07, 6.45) is 0. The second kappa shape index (κ2) is 5.77. The molecule has 0 radical (unpaired) electrons. The monoisotopic (exact) mass is 264 g/mol. The van der Waals surface area contributed by atoms with E-state index in [1.165, 1.54) is 6.07 Å². The van der Waals surface area contributed by atoms with Crippen molar-refractivity contribution in [1.29, 1.82) is 10.5 Å². The first-order valence-corrected chi connectivity index (χ1v) is 5.94. The minimum absolute atomic E-state index is 0.288. The molecule has 0 N–H and O–H groups in total. The highest BCUT2D eigenvalue weighted by Gasteiger charge is 2.08. The Morgan fingerprint density at radius 3 is 2.30 bits per heavy atom. The molecule has 0 unspecified atom stereocenters. The summed E-state index contributed by atoms with van der Waals surface area (Å²) in [5.41, 5.74) is 1.68. The third-order valence-corrected chi connectivity index (χ3v) is 2.78. The Morgan fingerprint density at radius 1 is 0.900 bits per heavy atom. The highest BCUT2D eigenvalue weighted by atomic mass is 16.5. The molecule has 0 spiro atoms. The summed E-state index contributed by atoms with van der Waals surface area (Å²) in [6, 6.07) is 14.3. The van der Waals surface area contributed by atoms with Gasteiger partial charge >= 0.3 is 0 Å². The lowest BCUT2D eigenvalue weighted by atomic mass is 10.1. The molecular formula is C16H12N2O2. The van der Waals surface area contributed by atoms with Gasteiger partial charge in [0.2, 0.25) is 0 Å². The standard InChI is InChI=1S/C16H12N2O2/c1-11-3-6-15(16(7-11)19-2)20-14-5-4-12(9-17)13(8-14)10-18/h3-8H,1-2H3. The van der Waals surface area contributed by atoms with E-state index in [1.54, 1.807) is 25.3 Å². The maximum atomic E-state index is 9.00. The summed E-state index contributed by atoms with van der Waals surface area (Å²) in [5.74, 6) is 1.67. The Kier molecular flexibility index (Phi) is 3.88. The Labute approximate surface area is 117 Å². The fourth-order valence-corrected chi connectivity index (χ4v) is 1.76. The molecule has 0 atom stereocenters. The molecule has 4 heteroatoms. The number of aryl methyl sites for hydroxylation is 1. The van der Waals surface area contributed by atoms with Gasteiger partial charge in [-0.15, -0.1) is 0 Å². The van der Waals surface area contributed by atoms with Gasteiger partial charge in [0.15, 0.2) is 11.5 Å². The molecule has 2 aromatic rings. The zero-order valence-corrected chi connectivity index (χ0v) is 11.2. The fourth-order valence-electron chi connectivity index (χ4n) is 1.76. The van der Waals surface area contributed by atoms with E-state index in [1.807, 2.05) is 31.2 Å². The van der Waals surface area contributed by atoms with Crippen LogP contribution in [0.5, 0.6) is 17.2 Å². The summed E-state index contributed by atoms with van der Waals surface area (Å²) < 4.78 is 11.0. The van der Waals surface area contributed by atoms with Crippen LogP contribution in [0.1, 0.15) is 16.7 Å². The molecule has 0 bridgehead atoms. The molecule has 0 aliphatic rings. The van der Waals surface area contributed by atoms with Crippen LogP contribution in [-0.2, 0) is 0 Å². The first-order valence-electron chi connectivity index (χ1n) is 5.94. The van der Waals surface area contributed by atoms with Gasteiger partial charge < -0.3 is 9.47 Å². The minimum atomic E-state index is 0.288. The number of hydrogen-bond donors (Lipinski definition) is 0. The van der Waals surface area contributed by atoms with Gasteiger partial charge in [-0.3, -0.25) is 0 Å². The van der Waals surface area contributed by atoms with Crippen LogP contribution < -0.4 is 9.47 Å². The molecule has 0 amide bonds. The largest absolute Gasteiger partial charge is 0.493 e. The molecule has 0 saturated heterocycles. The van der Waals surface area contributed by atoms with E-state index < -0.39 is 0 Å². The van der Waals surface area contributed by atoms with E-state index in [0.717, 1.165) is 5.56 Å². The maximum absolute atomic E-state index is 9.00. The normalized spacial score (nSPS) is 9.40. The topological polar surface area (TPSA) is 66.0 Å². The Bertz CT molecular complexity index is 724. The van der Waals surface area contributed by atoms with Crippen molar-refractivity contribution in [2.45, 2.75) is 6.92 Å². The van der Waals surface area contributed by atoms with Crippen LogP contribution in [-0.4, -0.2) is 7.11 Å². The number of nitrogens with zero attached hydrogens (tertiary/aromatic N) is 2. The number of hydrogen-bond acceptors (Lipinski definition) is 4. The van der Waals surface area contributed by atoms with Gasteiger partial charge in [-0.25, -0.2) is 0 Å². The van der Waals surface area contributed by atoms with Crippen molar-refractivity contribution in [2.75, 3.05) is 7.11 Å². The lowest BCUT2D eigenvalue weighted by molar-refractivity contribution is 0.378. The molecule has 0 aliphatic heterocycles. The van der Waals surface area contributed by atoms with Gasteiger partial charge in [0, 0.05) is 0 Å². The van der Waals surface area contributed by atoms with E-state index in [0.29, 0.717) is 22.8 Å². The number of rotatable bonds is 3. The zero-order chi connectivity index (χ0) is 14.5. The summed E-state index contributed by atoms with van der Waals surface area (Å²) in [5, 5.41) is 17.9. The van der Waals surface area contributed by atoms with Gasteiger partial charge in [0.25, 0.3) is 0 Å². The average Bonchev–Trinajstić information content (AvgIpc) is 2.48. The van der Waals surface area contributed by atoms with E-state index in [9.17, 15) is 0 Å². The lowest BCUT2D eigenvalue weighted by Crippen LogP contribution is -1.92. The predicted molar refractivity (Wildman–Crippen MR) is 73.7 cm³/mol. The Morgan fingerprint density at radius 2 is 1.65 bits per heavy atom. The molecule has 0 heterocycles. The zero-order valence-electron chi connectivity index (χ0n) is 11.2. The third-order valence-electron chi connectivity index (χ3n) is 2.78. The predicted octanol–water partition coefficient (Wildman–Crippen LogP) is 3.54. The molecular weight excluding hydrogens is 252 g/mol. The Hall–Kier alpha value is -2.98. The maximum Gasteiger partial charge on any atom is 0.169 e. The molecule has 20 heavy (non-hydrogen) atoms. The summed E-state index contributed by atoms with van der Waals surface area (Å²) in [4.78, 5) is 0. The molecule has 2 rings (SSSR count). The van der Waals surface area contributed by atoms with E-state index in [2.05, 4.69) is 0 Å². The minimum Gasteiger partial charge on any atom is -0.493 e. The van der Waals surface area contributed by atoms with Crippen LogP contribution in [0.2, 0.25) is 0 Å². The summed E-state index contributed by atoms with van der Waals surface area (Å²) in [6.45, 7) is 1.96. The average molecular weight is 264 g/mol. The van der Waals surface area contributed by atoms with Crippen molar-refractivity contribution in [1.82, 2.24) is 0 Å². The number of ether oxygens (including phenoxy) is 2. The quantitative estimate of drug-likeness (QED) is 0.850. The first-order chi connectivity index (χ1) is 9.67. The second-order valence-electron chi connectivity index (χ2n) is 4.19. The number of benzene rings is 2. The molecule has 0 aromatic heterocycles. The number of methoxy groups -OCH3 is 1. The van der Waals surface area contributed by atoms with E-state index in [4.69, 9.17) is 20.0 Å². The summed E-state index contributed by atoms with van der Waals surface area (Å²) in [7, 11) is 1.57. The van der Waals surface area contributed by atoms with Crippen molar-refractivity contribution >= 4 is 0 Å². The third kappa shape index (κ3) is 2.71. The van der Waals surface area contributed by atoms with Crippen LogP contribution in [0.3, 0.4) is 0 Å². The van der Waals surface area contributed by atoms with Crippen LogP contribution >= 0.6 is 0 Å². The first kappa shape index (κ1) is 13.5. The highest BCUT2D eigenvalue weighted by Crippen LogP contribution is 2.32. The van der Waals surface area contributed by atoms with Crippen LogP contribution in [0.25, 0.3) is 0 Å². The van der Waals surface area contributed by atoms with E-state index in [-0.39, 0.29) is 5.56 Å². The van der Waals surface area contributed by atoms with Gasteiger partial charge in [-0.1, -0.05) is 6.07 Å². The molecule has 0 saturated carbocycles. The molecule has 98 valence electrons. The van der Waals surface area contributed by atoms with Crippen molar-refractivity contribution in [3.05, 3.63) is 53.1 Å². The highest BCUT2D eigenvalue weighted by molar-refractivity contribution is 5.51. The molecule has 2 aromatic carbocycles. The van der Waals surface area contributed by atoms with Crippen LogP contribution in [0.4, 0.5) is 0 Å². The van der Waals surface area contributed by atoms with Crippen molar-refractivity contribution in [2.24, 2.45) is 0 Å². The van der Waals surface area contributed by atoms with Crippen LogP contribution in [0.15, 0.2) is 36.4 Å². The van der Waals surface area contributed by atoms with Gasteiger partial charge in [0.05, 0.1) is 18.2 Å². The van der Waals surface area contributed by atoms with Crippen LogP contribution in [0, 0.1) is 29.6 Å². The summed E-state index contributed by atoms with van der Waals surface area (Å²) >= 11 is 0. The smallest absolute Gasteiger partial charge is 0.169 e. The second-order valence-corrected chi connectivity index (χ2v) is 4.19. The van der Waals surface area contributed by atoms with Crippen molar-refractivity contribution in [3.63, 3.8) is 0 Å². The van der Waals surface area contributed by atoms with Crippen molar-refractivity contribution in [3.8, 4) is 29.4 Å². The lowest BCUT2D eigenvalue weighted by Gasteiger charge is -2.11. The number of nitriles is 2.